The van der Waals surface area contributed by atoms with Crippen LogP contribution in [0.2, 0.25) is 0 Å². The molecule has 6 atom stereocenters. The van der Waals surface area contributed by atoms with E-state index in [4.69, 9.17) is 9.47 Å². The Bertz CT molecular complexity index is 646. The van der Waals surface area contributed by atoms with Crippen LogP contribution in [0.1, 0.15) is 58.8 Å². The summed E-state index contributed by atoms with van der Waals surface area (Å²) in [6.07, 6.45) is 14.2. The van der Waals surface area contributed by atoms with Crippen LogP contribution in [0.4, 0.5) is 0 Å². The summed E-state index contributed by atoms with van der Waals surface area (Å²) in [4.78, 5) is 11.4. The molecule has 3 nitrogen and oxygen atoms in total. The van der Waals surface area contributed by atoms with Crippen molar-refractivity contribution in [3.63, 3.8) is 0 Å². The third-order valence-corrected chi connectivity index (χ3v) is 7.68. The van der Waals surface area contributed by atoms with Gasteiger partial charge in [0.2, 0.25) is 0 Å². The van der Waals surface area contributed by atoms with Gasteiger partial charge in [0.05, 0.1) is 12.2 Å². The molecule has 3 heteroatoms. The van der Waals surface area contributed by atoms with E-state index in [1.54, 1.807) is 5.57 Å². The smallest absolute Gasteiger partial charge is 0.147 e. The van der Waals surface area contributed by atoms with Gasteiger partial charge in [-0.25, -0.2) is 0 Å². The zero-order valence-electron chi connectivity index (χ0n) is 16.2. The van der Waals surface area contributed by atoms with Crippen LogP contribution in [0.3, 0.4) is 0 Å². The van der Waals surface area contributed by atoms with E-state index in [0.29, 0.717) is 18.6 Å². The minimum atomic E-state index is 0.132. The van der Waals surface area contributed by atoms with Gasteiger partial charge in [0.1, 0.15) is 13.1 Å². The van der Waals surface area contributed by atoms with Gasteiger partial charge in [-0.3, -0.25) is 0 Å². The highest BCUT2D eigenvalue weighted by Gasteiger charge is 2.50. The summed E-state index contributed by atoms with van der Waals surface area (Å²) in [5.41, 5.74) is 4.30. The van der Waals surface area contributed by atoms with Gasteiger partial charge >= 0.3 is 0 Å². The van der Waals surface area contributed by atoms with E-state index in [-0.39, 0.29) is 23.5 Å². The summed E-state index contributed by atoms with van der Waals surface area (Å²) in [5, 5.41) is 0. The van der Waals surface area contributed by atoms with Crippen LogP contribution in [0, 0.1) is 23.2 Å². The van der Waals surface area contributed by atoms with Gasteiger partial charge in [-0.15, -0.1) is 0 Å². The molecule has 4 aliphatic rings. The van der Waals surface area contributed by atoms with Crippen LogP contribution >= 0.6 is 0 Å². The van der Waals surface area contributed by atoms with Crippen molar-refractivity contribution >= 4 is 6.29 Å². The standard InChI is InChI=1S/C23H32O3/c1-15(13-24)20-8-9-21-17(5-4-10-23(20,21)3)6-7-18-11-19-12-22(16(18)2)26-14-25-19/h6-7,13,15,19-22H,2,4-5,8-12,14H2,1,3H3/b17-6+,18-7-/t15-,19-,20-,21?,22+,23-/m1/s1. The predicted molar refractivity (Wildman–Crippen MR) is 103 cm³/mol. The fourth-order valence-corrected chi connectivity index (χ4v) is 6.18. The van der Waals surface area contributed by atoms with Crippen LogP contribution in [-0.4, -0.2) is 25.3 Å². The first kappa shape index (κ1) is 18.2. The number of ether oxygens (including phenoxy) is 2. The molecule has 1 saturated heterocycles. The lowest BCUT2D eigenvalue weighted by Crippen LogP contribution is -2.37. The quantitative estimate of drug-likeness (QED) is 0.669. The molecule has 1 unspecified atom stereocenters. The number of carbonyl (C=O) groups excluding carboxylic acids is 1. The summed E-state index contributed by atoms with van der Waals surface area (Å²) in [7, 11) is 0. The molecular formula is C23H32O3. The minimum absolute atomic E-state index is 0.132. The van der Waals surface area contributed by atoms with E-state index >= 15 is 0 Å². The largest absolute Gasteiger partial charge is 0.352 e. The first-order chi connectivity index (χ1) is 12.5. The minimum Gasteiger partial charge on any atom is -0.352 e. The van der Waals surface area contributed by atoms with Crippen molar-refractivity contribution in [2.24, 2.45) is 23.2 Å². The number of hydrogen-bond donors (Lipinski definition) is 0. The van der Waals surface area contributed by atoms with Gasteiger partial charge in [-0.2, -0.15) is 0 Å². The topological polar surface area (TPSA) is 35.5 Å². The Morgan fingerprint density at radius 1 is 1.27 bits per heavy atom. The van der Waals surface area contributed by atoms with E-state index in [1.165, 1.54) is 44.0 Å². The summed E-state index contributed by atoms with van der Waals surface area (Å²) < 4.78 is 11.4. The molecule has 0 spiro atoms. The first-order valence-electron chi connectivity index (χ1n) is 10.3. The van der Waals surface area contributed by atoms with Gasteiger partial charge in [0.15, 0.2) is 0 Å². The molecule has 0 aromatic carbocycles. The Morgan fingerprint density at radius 2 is 2.12 bits per heavy atom. The third-order valence-electron chi connectivity index (χ3n) is 7.68. The molecule has 1 heterocycles. The Kier molecular flexibility index (Phi) is 4.96. The van der Waals surface area contributed by atoms with Gasteiger partial charge in [0, 0.05) is 12.3 Å². The molecule has 0 amide bonds. The zero-order chi connectivity index (χ0) is 18.3. The molecule has 4 fully saturated rings. The highest BCUT2D eigenvalue weighted by molar-refractivity contribution is 5.54. The normalized spacial score (nSPS) is 44.2. The summed E-state index contributed by atoms with van der Waals surface area (Å²) in [5.74, 6) is 1.34. The third kappa shape index (κ3) is 3.03. The second-order valence-electron chi connectivity index (χ2n) is 9.05. The van der Waals surface area contributed by atoms with Crippen molar-refractivity contribution in [2.75, 3.05) is 6.79 Å². The first-order valence-corrected chi connectivity index (χ1v) is 10.3. The van der Waals surface area contributed by atoms with E-state index in [1.807, 2.05) is 0 Å². The zero-order valence-corrected chi connectivity index (χ0v) is 16.2. The summed E-state index contributed by atoms with van der Waals surface area (Å²) >= 11 is 0. The number of rotatable bonds is 3. The number of aldehydes is 1. The molecule has 0 N–H and O–H groups in total. The second-order valence-corrected chi connectivity index (χ2v) is 9.05. The maximum atomic E-state index is 11.4. The van der Waals surface area contributed by atoms with Crippen LogP contribution < -0.4 is 0 Å². The fourth-order valence-electron chi connectivity index (χ4n) is 6.18. The molecule has 0 aromatic rings. The maximum absolute atomic E-state index is 11.4. The molecule has 0 aromatic heterocycles. The van der Waals surface area contributed by atoms with Gasteiger partial charge in [-0.05, 0) is 66.9 Å². The fraction of sp³-hybridized carbons (Fsp3) is 0.696. The molecule has 3 saturated carbocycles. The number of fused-ring (bicyclic) bond motifs is 3. The second kappa shape index (κ2) is 7.09. The highest BCUT2D eigenvalue weighted by Crippen LogP contribution is 2.59. The van der Waals surface area contributed by atoms with Crippen molar-refractivity contribution < 1.29 is 14.3 Å². The average Bonchev–Trinajstić information content (AvgIpc) is 3.01. The Morgan fingerprint density at radius 3 is 2.92 bits per heavy atom. The van der Waals surface area contributed by atoms with Crippen molar-refractivity contribution in [1.29, 1.82) is 0 Å². The SMILES string of the molecule is C=C1/C(=C\C=C2/CCC[C@@]3(C)C2CC[C@@H]3[C@H](C)C=O)C[C@@H]2C[C@@H]1OCO2. The summed E-state index contributed by atoms with van der Waals surface area (Å²) in [6, 6.07) is 0. The van der Waals surface area contributed by atoms with Crippen molar-refractivity contribution in [3.05, 3.63) is 35.5 Å². The van der Waals surface area contributed by atoms with Crippen LogP contribution in [0.15, 0.2) is 35.5 Å². The van der Waals surface area contributed by atoms with E-state index < -0.39 is 0 Å². The Hall–Kier alpha value is -1.19. The number of carbonyl (C=O) groups is 1. The molecule has 4 rings (SSSR count). The van der Waals surface area contributed by atoms with E-state index in [9.17, 15) is 4.79 Å². The molecular weight excluding hydrogens is 324 g/mol. The number of hydrogen-bond acceptors (Lipinski definition) is 3. The summed E-state index contributed by atoms with van der Waals surface area (Å²) in [6.45, 7) is 9.23. The van der Waals surface area contributed by atoms with Crippen LogP contribution in [0.5, 0.6) is 0 Å². The predicted octanol–water partition coefficient (Wildman–Crippen LogP) is 4.98. The van der Waals surface area contributed by atoms with Gasteiger partial charge in [-0.1, -0.05) is 38.2 Å². The molecule has 142 valence electrons. The van der Waals surface area contributed by atoms with Gasteiger partial charge < -0.3 is 14.3 Å². The molecule has 2 bridgehead atoms. The lowest BCUT2D eigenvalue weighted by Gasteiger charge is -2.43. The highest BCUT2D eigenvalue weighted by atomic mass is 16.7. The maximum Gasteiger partial charge on any atom is 0.147 e. The molecule has 26 heavy (non-hydrogen) atoms. The van der Waals surface area contributed by atoms with E-state index in [0.717, 1.165) is 18.4 Å². The number of allylic oxidation sites excluding steroid dienone is 3. The molecule has 3 aliphatic carbocycles. The Labute approximate surface area is 157 Å². The van der Waals surface area contributed by atoms with Crippen molar-refractivity contribution in [2.45, 2.75) is 71.0 Å². The van der Waals surface area contributed by atoms with Crippen LogP contribution in [0.25, 0.3) is 0 Å². The van der Waals surface area contributed by atoms with Crippen molar-refractivity contribution in [3.8, 4) is 0 Å². The monoisotopic (exact) mass is 356 g/mol. The lowest BCUT2D eigenvalue weighted by molar-refractivity contribution is -0.170. The van der Waals surface area contributed by atoms with Crippen molar-refractivity contribution in [1.82, 2.24) is 0 Å². The average molecular weight is 357 g/mol. The van der Waals surface area contributed by atoms with Gasteiger partial charge in [0.25, 0.3) is 0 Å². The lowest BCUT2D eigenvalue weighted by atomic mass is 9.61. The Balaban J connectivity index is 1.56. The van der Waals surface area contributed by atoms with E-state index in [2.05, 4.69) is 32.6 Å². The molecule has 1 aliphatic heterocycles. The molecule has 0 radical (unpaired) electrons. The van der Waals surface area contributed by atoms with Crippen LogP contribution in [-0.2, 0) is 14.3 Å².